The molecular formula is C11H16N2. The van der Waals surface area contributed by atoms with Gasteiger partial charge in [-0.05, 0) is 31.4 Å². The molecule has 2 heteroatoms. The molecule has 0 spiro atoms. The normalized spacial score (nSPS) is 15.8. The Labute approximate surface area is 79.4 Å². The number of aryl methyl sites for hydroxylation is 1. The van der Waals surface area contributed by atoms with E-state index in [2.05, 4.69) is 37.1 Å². The van der Waals surface area contributed by atoms with Crippen LogP contribution in [0.4, 0.5) is 11.4 Å². The lowest BCUT2D eigenvalue weighted by atomic mass is 10.1. The Morgan fingerprint density at radius 2 is 2.08 bits per heavy atom. The highest BCUT2D eigenvalue weighted by Crippen LogP contribution is 2.34. The van der Waals surface area contributed by atoms with Gasteiger partial charge in [0.1, 0.15) is 0 Å². The lowest BCUT2D eigenvalue weighted by Gasteiger charge is -2.21. The molecule has 1 fully saturated rings. The fraction of sp³-hybridized carbons (Fsp3) is 0.455. The van der Waals surface area contributed by atoms with Crippen molar-refractivity contribution >= 4 is 11.4 Å². The molecular weight excluding hydrogens is 160 g/mol. The van der Waals surface area contributed by atoms with Crippen molar-refractivity contribution in [1.29, 1.82) is 0 Å². The Bertz CT molecular complexity index is 316. The van der Waals surface area contributed by atoms with Crippen molar-refractivity contribution in [2.45, 2.75) is 25.8 Å². The summed E-state index contributed by atoms with van der Waals surface area (Å²) in [6.07, 6.45) is 2.62. The van der Waals surface area contributed by atoms with Crippen LogP contribution < -0.4 is 10.6 Å². The number of anilines is 2. The van der Waals surface area contributed by atoms with Gasteiger partial charge < -0.3 is 10.6 Å². The van der Waals surface area contributed by atoms with Crippen molar-refractivity contribution in [3.05, 3.63) is 23.8 Å². The van der Waals surface area contributed by atoms with Gasteiger partial charge in [-0.3, -0.25) is 0 Å². The number of rotatable bonds is 2. The highest BCUT2D eigenvalue weighted by Gasteiger charge is 2.27. The zero-order chi connectivity index (χ0) is 9.42. The number of nitrogen functional groups attached to an aromatic ring is 1. The van der Waals surface area contributed by atoms with Crippen molar-refractivity contribution in [2.24, 2.45) is 0 Å². The first-order valence-corrected chi connectivity index (χ1v) is 4.78. The van der Waals surface area contributed by atoms with Gasteiger partial charge in [-0.1, -0.05) is 12.1 Å². The zero-order valence-electron chi connectivity index (χ0n) is 8.25. The Kier molecular flexibility index (Phi) is 1.91. The van der Waals surface area contributed by atoms with Crippen LogP contribution in [0.15, 0.2) is 18.2 Å². The minimum absolute atomic E-state index is 0.726. The van der Waals surface area contributed by atoms with Gasteiger partial charge in [-0.2, -0.15) is 0 Å². The summed E-state index contributed by atoms with van der Waals surface area (Å²) in [5, 5.41) is 0. The molecule has 1 aliphatic rings. The summed E-state index contributed by atoms with van der Waals surface area (Å²) in [6, 6.07) is 6.95. The fourth-order valence-electron chi connectivity index (χ4n) is 1.63. The molecule has 70 valence electrons. The van der Waals surface area contributed by atoms with Crippen molar-refractivity contribution in [3.8, 4) is 0 Å². The maximum atomic E-state index is 6.01. The van der Waals surface area contributed by atoms with Crippen LogP contribution in [0.1, 0.15) is 18.4 Å². The van der Waals surface area contributed by atoms with Gasteiger partial charge in [0.05, 0.1) is 11.4 Å². The van der Waals surface area contributed by atoms with Crippen LogP contribution in [0.5, 0.6) is 0 Å². The smallest absolute Gasteiger partial charge is 0.0602 e. The van der Waals surface area contributed by atoms with Crippen LogP contribution in [0, 0.1) is 6.92 Å². The first-order valence-electron chi connectivity index (χ1n) is 4.78. The van der Waals surface area contributed by atoms with Crippen LogP contribution in [0.3, 0.4) is 0 Å². The minimum Gasteiger partial charge on any atom is -0.397 e. The van der Waals surface area contributed by atoms with Crippen molar-refractivity contribution in [1.82, 2.24) is 0 Å². The number of nitrogens with zero attached hydrogens (tertiary/aromatic N) is 1. The quantitative estimate of drug-likeness (QED) is 0.700. The molecule has 1 aromatic carbocycles. The minimum atomic E-state index is 0.726. The van der Waals surface area contributed by atoms with E-state index in [1.807, 2.05) is 0 Å². The topological polar surface area (TPSA) is 29.3 Å². The fourth-order valence-corrected chi connectivity index (χ4v) is 1.63. The van der Waals surface area contributed by atoms with Gasteiger partial charge in [0.25, 0.3) is 0 Å². The molecule has 1 aromatic rings. The molecule has 0 bridgehead atoms. The monoisotopic (exact) mass is 176 g/mol. The van der Waals surface area contributed by atoms with Gasteiger partial charge in [-0.15, -0.1) is 0 Å². The third kappa shape index (κ3) is 1.48. The predicted octanol–water partition coefficient (Wildman–Crippen LogP) is 2.18. The van der Waals surface area contributed by atoms with Crippen molar-refractivity contribution in [3.63, 3.8) is 0 Å². The molecule has 2 N–H and O–H groups in total. The molecule has 0 unspecified atom stereocenters. The van der Waals surface area contributed by atoms with Gasteiger partial charge >= 0.3 is 0 Å². The summed E-state index contributed by atoms with van der Waals surface area (Å²) in [6.45, 7) is 2.06. The van der Waals surface area contributed by atoms with E-state index in [1.165, 1.54) is 24.1 Å². The second-order valence-electron chi connectivity index (χ2n) is 3.85. The van der Waals surface area contributed by atoms with E-state index in [0.717, 1.165) is 11.7 Å². The summed E-state index contributed by atoms with van der Waals surface area (Å²) in [5.41, 5.74) is 9.29. The maximum absolute atomic E-state index is 6.01. The van der Waals surface area contributed by atoms with E-state index in [1.54, 1.807) is 0 Å². The Hall–Kier alpha value is -1.18. The Morgan fingerprint density at radius 1 is 1.38 bits per heavy atom. The van der Waals surface area contributed by atoms with Crippen LogP contribution in [0.25, 0.3) is 0 Å². The van der Waals surface area contributed by atoms with E-state index < -0.39 is 0 Å². The molecule has 0 amide bonds. The molecule has 2 rings (SSSR count). The Morgan fingerprint density at radius 3 is 2.69 bits per heavy atom. The molecule has 0 atom stereocenters. The highest BCUT2D eigenvalue weighted by molar-refractivity contribution is 5.71. The van der Waals surface area contributed by atoms with Gasteiger partial charge in [0, 0.05) is 13.1 Å². The number of hydrogen-bond acceptors (Lipinski definition) is 2. The van der Waals surface area contributed by atoms with E-state index in [-0.39, 0.29) is 0 Å². The number of para-hydroxylation sites is 1. The largest absolute Gasteiger partial charge is 0.397 e. The molecule has 1 aliphatic carbocycles. The van der Waals surface area contributed by atoms with E-state index in [0.29, 0.717) is 0 Å². The van der Waals surface area contributed by atoms with Crippen LogP contribution in [0.2, 0.25) is 0 Å². The summed E-state index contributed by atoms with van der Waals surface area (Å²) in [7, 11) is 2.13. The van der Waals surface area contributed by atoms with Crippen molar-refractivity contribution < 1.29 is 0 Å². The summed E-state index contributed by atoms with van der Waals surface area (Å²) in [5.74, 6) is 0. The number of nitrogens with two attached hydrogens (primary N) is 1. The van der Waals surface area contributed by atoms with Crippen LogP contribution >= 0.6 is 0 Å². The van der Waals surface area contributed by atoms with Crippen LogP contribution in [-0.2, 0) is 0 Å². The summed E-state index contributed by atoms with van der Waals surface area (Å²) < 4.78 is 0. The van der Waals surface area contributed by atoms with E-state index in [4.69, 9.17) is 5.73 Å². The highest BCUT2D eigenvalue weighted by atomic mass is 15.2. The van der Waals surface area contributed by atoms with Gasteiger partial charge in [0.2, 0.25) is 0 Å². The van der Waals surface area contributed by atoms with Gasteiger partial charge in [0.15, 0.2) is 0 Å². The maximum Gasteiger partial charge on any atom is 0.0602 e. The molecule has 0 radical (unpaired) electrons. The second-order valence-corrected chi connectivity index (χ2v) is 3.85. The van der Waals surface area contributed by atoms with Gasteiger partial charge in [-0.25, -0.2) is 0 Å². The van der Waals surface area contributed by atoms with Crippen molar-refractivity contribution in [2.75, 3.05) is 17.7 Å². The number of benzene rings is 1. The lowest BCUT2D eigenvalue weighted by molar-refractivity contribution is 0.918. The second kappa shape index (κ2) is 2.95. The zero-order valence-corrected chi connectivity index (χ0v) is 8.25. The molecule has 2 nitrogen and oxygen atoms in total. The van der Waals surface area contributed by atoms with E-state index in [9.17, 15) is 0 Å². The standard InChI is InChI=1S/C11H16N2/c1-8-4-3-5-10(11(8)12)13(2)9-6-7-9/h3-5,9H,6-7,12H2,1-2H3. The summed E-state index contributed by atoms with van der Waals surface area (Å²) >= 11 is 0. The SMILES string of the molecule is Cc1cccc(N(C)C2CC2)c1N. The molecule has 13 heavy (non-hydrogen) atoms. The number of hydrogen-bond donors (Lipinski definition) is 1. The first kappa shape index (κ1) is 8.42. The third-order valence-electron chi connectivity index (χ3n) is 2.78. The average Bonchev–Trinajstić information content (AvgIpc) is 2.91. The third-order valence-corrected chi connectivity index (χ3v) is 2.78. The lowest BCUT2D eigenvalue weighted by Crippen LogP contribution is -2.20. The molecule has 0 aromatic heterocycles. The molecule has 0 heterocycles. The molecule has 1 saturated carbocycles. The predicted molar refractivity (Wildman–Crippen MR) is 57.0 cm³/mol. The first-order chi connectivity index (χ1) is 6.20. The average molecular weight is 176 g/mol. The van der Waals surface area contributed by atoms with E-state index >= 15 is 0 Å². The molecule has 0 aliphatic heterocycles. The summed E-state index contributed by atoms with van der Waals surface area (Å²) in [4.78, 5) is 2.29. The Balaban J connectivity index is 2.32. The molecule has 0 saturated heterocycles. The van der Waals surface area contributed by atoms with Crippen LogP contribution in [-0.4, -0.2) is 13.1 Å².